The largest absolute Gasteiger partial charge is 0.508 e. The van der Waals surface area contributed by atoms with Crippen LogP contribution in [0.2, 0.25) is 10.0 Å². The molecule has 1 heterocycles. The van der Waals surface area contributed by atoms with Gasteiger partial charge in [0.2, 0.25) is 0 Å². The van der Waals surface area contributed by atoms with Crippen LogP contribution in [0.15, 0.2) is 30.3 Å². The fourth-order valence-electron chi connectivity index (χ4n) is 2.98. The second kappa shape index (κ2) is 10.7. The number of anilines is 1. The van der Waals surface area contributed by atoms with Gasteiger partial charge in [0.25, 0.3) is 0 Å². The molecular weight excluding hydrogens is 447 g/mol. The number of carbonyl (C=O) groups excluding carboxylic acids is 2. The fourth-order valence-corrected chi connectivity index (χ4v) is 3.54. The minimum Gasteiger partial charge on any atom is -0.508 e. The predicted molar refractivity (Wildman–Crippen MR) is 116 cm³/mol. The molecule has 2 aromatic rings. The van der Waals surface area contributed by atoms with Crippen LogP contribution in [0.3, 0.4) is 0 Å². The van der Waals surface area contributed by atoms with Gasteiger partial charge in [-0.25, -0.2) is 4.79 Å². The molecule has 10 heteroatoms. The van der Waals surface area contributed by atoms with Gasteiger partial charge >= 0.3 is 11.9 Å². The van der Waals surface area contributed by atoms with Crippen molar-refractivity contribution in [3.8, 4) is 17.2 Å². The highest BCUT2D eigenvalue weighted by Crippen LogP contribution is 2.39. The monoisotopic (exact) mass is 468 g/mol. The van der Waals surface area contributed by atoms with Gasteiger partial charge in [0.05, 0.1) is 29.9 Å². The van der Waals surface area contributed by atoms with Crippen LogP contribution in [0, 0.1) is 0 Å². The fraction of sp³-hybridized carbons (Fsp3) is 0.333. The first-order valence-electron chi connectivity index (χ1n) is 9.64. The van der Waals surface area contributed by atoms with E-state index in [1.165, 1.54) is 12.1 Å². The van der Waals surface area contributed by atoms with Crippen LogP contribution in [-0.4, -0.2) is 54.8 Å². The van der Waals surface area contributed by atoms with Gasteiger partial charge in [-0.3, -0.25) is 9.69 Å². The van der Waals surface area contributed by atoms with Gasteiger partial charge < -0.3 is 24.6 Å². The van der Waals surface area contributed by atoms with Gasteiger partial charge in [0.1, 0.15) is 11.5 Å². The van der Waals surface area contributed by atoms with Gasteiger partial charge in [0, 0.05) is 30.9 Å². The molecule has 31 heavy (non-hydrogen) atoms. The quantitative estimate of drug-likeness (QED) is 0.490. The summed E-state index contributed by atoms with van der Waals surface area (Å²) >= 11 is 12.6. The number of morpholine rings is 1. The van der Waals surface area contributed by atoms with Crippen LogP contribution in [-0.2, 0) is 25.6 Å². The number of phenols is 1. The lowest BCUT2D eigenvalue weighted by molar-refractivity contribution is -0.152. The molecule has 0 bridgehead atoms. The van der Waals surface area contributed by atoms with Gasteiger partial charge in [-0.15, -0.1) is 0 Å². The number of aromatic hydroxyl groups is 1. The molecule has 2 N–H and O–H groups in total. The van der Waals surface area contributed by atoms with E-state index in [0.717, 1.165) is 13.1 Å². The highest BCUT2D eigenvalue weighted by Gasteiger charge is 2.18. The van der Waals surface area contributed by atoms with E-state index in [1.807, 2.05) is 0 Å². The van der Waals surface area contributed by atoms with Crippen LogP contribution < -0.4 is 10.1 Å². The number of nitrogens with one attached hydrogen (secondary N) is 1. The molecule has 0 saturated carbocycles. The van der Waals surface area contributed by atoms with Crippen molar-refractivity contribution in [3.63, 3.8) is 0 Å². The SMILES string of the molecule is CCOC(=O)C(=O)Nc1cc(Cl)c(Oc2ccc(O)c(CN3CCOCC3)c2)c(Cl)c1. The number of amides is 1. The summed E-state index contributed by atoms with van der Waals surface area (Å²) in [5, 5.41) is 12.8. The zero-order valence-corrected chi connectivity index (χ0v) is 18.3. The minimum absolute atomic E-state index is 0.0840. The number of halogens is 2. The number of ether oxygens (including phenoxy) is 3. The Morgan fingerprint density at radius 1 is 1.16 bits per heavy atom. The van der Waals surface area contributed by atoms with Crippen LogP contribution in [0.25, 0.3) is 0 Å². The molecule has 2 aromatic carbocycles. The number of carbonyl (C=O) groups is 2. The van der Waals surface area contributed by atoms with E-state index in [0.29, 0.717) is 31.1 Å². The van der Waals surface area contributed by atoms with Crippen molar-refractivity contribution >= 4 is 40.8 Å². The van der Waals surface area contributed by atoms with Crippen molar-refractivity contribution in [1.29, 1.82) is 0 Å². The lowest BCUT2D eigenvalue weighted by atomic mass is 10.1. The maximum atomic E-state index is 11.8. The van der Waals surface area contributed by atoms with Crippen LogP contribution in [0.1, 0.15) is 12.5 Å². The zero-order valence-electron chi connectivity index (χ0n) is 16.8. The number of phenolic OH excluding ortho intramolecular Hbond substituents is 1. The Balaban J connectivity index is 1.74. The normalized spacial score (nSPS) is 14.2. The molecule has 1 fully saturated rings. The summed E-state index contributed by atoms with van der Waals surface area (Å²) in [5.74, 6) is -1.16. The number of hydrogen-bond donors (Lipinski definition) is 2. The smallest absolute Gasteiger partial charge is 0.397 e. The Kier molecular flexibility index (Phi) is 7.97. The van der Waals surface area contributed by atoms with E-state index in [9.17, 15) is 14.7 Å². The number of nitrogens with zero attached hydrogens (tertiary/aromatic N) is 1. The standard InChI is InChI=1S/C21H22Cl2N2O6/c1-2-30-21(28)20(27)24-14-10-16(22)19(17(23)11-14)31-15-3-4-18(26)13(9-15)12-25-5-7-29-8-6-25/h3-4,9-11,26H,2,5-8,12H2,1H3,(H,24,27). The molecule has 0 radical (unpaired) electrons. The highest BCUT2D eigenvalue weighted by atomic mass is 35.5. The molecule has 1 saturated heterocycles. The Bertz CT molecular complexity index is 940. The summed E-state index contributed by atoms with van der Waals surface area (Å²) in [4.78, 5) is 25.4. The molecule has 1 aliphatic rings. The van der Waals surface area contributed by atoms with Crippen molar-refractivity contribution in [1.82, 2.24) is 4.90 Å². The maximum absolute atomic E-state index is 11.8. The van der Waals surface area contributed by atoms with Crippen molar-refractivity contribution in [2.24, 2.45) is 0 Å². The number of esters is 1. The minimum atomic E-state index is -1.01. The van der Waals surface area contributed by atoms with Crippen LogP contribution >= 0.6 is 23.2 Å². The third-order valence-corrected chi connectivity index (χ3v) is 5.05. The molecule has 166 valence electrons. The number of hydrogen-bond acceptors (Lipinski definition) is 7. The summed E-state index contributed by atoms with van der Waals surface area (Å²) in [6.07, 6.45) is 0. The summed E-state index contributed by atoms with van der Waals surface area (Å²) in [6.45, 7) is 5.10. The molecule has 1 amide bonds. The van der Waals surface area contributed by atoms with Crippen LogP contribution in [0.5, 0.6) is 17.2 Å². The molecule has 8 nitrogen and oxygen atoms in total. The second-order valence-corrected chi connectivity index (χ2v) is 7.54. The van der Waals surface area contributed by atoms with Crippen molar-refractivity contribution in [2.75, 3.05) is 38.2 Å². The van der Waals surface area contributed by atoms with Gasteiger partial charge in [-0.2, -0.15) is 0 Å². The summed E-state index contributed by atoms with van der Waals surface area (Å²) < 4.78 is 15.8. The van der Waals surface area contributed by atoms with E-state index in [4.69, 9.17) is 32.7 Å². The average Bonchev–Trinajstić information content (AvgIpc) is 2.74. The van der Waals surface area contributed by atoms with Gasteiger partial charge in [0.15, 0.2) is 5.75 Å². The predicted octanol–water partition coefficient (Wildman–Crippen LogP) is 3.83. The number of benzene rings is 2. The molecule has 3 rings (SSSR count). The Morgan fingerprint density at radius 3 is 2.48 bits per heavy atom. The van der Waals surface area contributed by atoms with Crippen LogP contribution in [0.4, 0.5) is 5.69 Å². The molecule has 0 unspecified atom stereocenters. The van der Waals surface area contributed by atoms with E-state index in [-0.39, 0.29) is 33.8 Å². The third kappa shape index (κ3) is 6.24. The highest BCUT2D eigenvalue weighted by molar-refractivity contribution is 6.39. The topological polar surface area (TPSA) is 97.3 Å². The Morgan fingerprint density at radius 2 is 1.84 bits per heavy atom. The molecule has 0 spiro atoms. The maximum Gasteiger partial charge on any atom is 0.397 e. The summed E-state index contributed by atoms with van der Waals surface area (Å²) in [6, 6.07) is 7.68. The zero-order chi connectivity index (χ0) is 22.4. The third-order valence-electron chi connectivity index (χ3n) is 4.49. The van der Waals surface area contributed by atoms with Crippen molar-refractivity contribution in [2.45, 2.75) is 13.5 Å². The Hall–Kier alpha value is -2.52. The van der Waals surface area contributed by atoms with E-state index in [1.54, 1.807) is 25.1 Å². The van der Waals surface area contributed by atoms with E-state index < -0.39 is 11.9 Å². The first kappa shape index (κ1) is 23.1. The van der Waals surface area contributed by atoms with E-state index >= 15 is 0 Å². The van der Waals surface area contributed by atoms with Crippen molar-refractivity contribution in [3.05, 3.63) is 45.9 Å². The van der Waals surface area contributed by atoms with Crippen molar-refractivity contribution < 1.29 is 28.9 Å². The molecule has 0 aliphatic carbocycles. The second-order valence-electron chi connectivity index (χ2n) is 6.72. The van der Waals surface area contributed by atoms with Gasteiger partial charge in [-0.1, -0.05) is 23.2 Å². The summed E-state index contributed by atoms with van der Waals surface area (Å²) in [5.41, 5.74) is 0.920. The molecule has 1 aliphatic heterocycles. The number of rotatable bonds is 6. The van der Waals surface area contributed by atoms with Gasteiger partial charge in [-0.05, 0) is 37.3 Å². The molecular formula is C21H22Cl2N2O6. The van der Waals surface area contributed by atoms with E-state index in [2.05, 4.69) is 15.0 Å². The molecule has 0 atom stereocenters. The lowest BCUT2D eigenvalue weighted by Gasteiger charge is -2.27. The lowest BCUT2D eigenvalue weighted by Crippen LogP contribution is -2.35. The molecule has 0 aromatic heterocycles. The average molecular weight is 469 g/mol. The first-order chi connectivity index (χ1) is 14.9. The first-order valence-corrected chi connectivity index (χ1v) is 10.4. The summed E-state index contributed by atoms with van der Waals surface area (Å²) in [7, 11) is 0. The Labute approximate surface area is 189 Å².